The molecule has 4 rings (SSSR count). The number of nitrogens with one attached hydrogen (secondary N) is 2. The monoisotopic (exact) mass is 430 g/mol. The van der Waals surface area contributed by atoms with Gasteiger partial charge in [-0.25, -0.2) is 18.1 Å². The zero-order valence-corrected chi connectivity index (χ0v) is 17.9. The first-order valence-corrected chi connectivity index (χ1v) is 11.8. The predicted molar refractivity (Wildman–Crippen MR) is 115 cm³/mol. The number of carbonyl (C=O) groups is 1. The van der Waals surface area contributed by atoms with Gasteiger partial charge in [-0.3, -0.25) is 4.79 Å². The summed E-state index contributed by atoms with van der Waals surface area (Å²) in [6.07, 6.45) is 0.866. The van der Waals surface area contributed by atoms with Gasteiger partial charge < -0.3 is 9.88 Å². The summed E-state index contributed by atoms with van der Waals surface area (Å²) in [5, 5.41) is 0. The van der Waals surface area contributed by atoms with Crippen LogP contribution in [0.4, 0.5) is 5.69 Å². The average Bonchev–Trinajstić information content (AvgIpc) is 2.95. The number of hydrogen-bond acceptors (Lipinski definition) is 5. The predicted octanol–water partition coefficient (Wildman–Crippen LogP) is 3.20. The third kappa shape index (κ3) is 4.17. The number of anilines is 1. The molecule has 0 saturated heterocycles. The number of benzene rings is 2. The first-order chi connectivity index (χ1) is 13.8. The highest BCUT2D eigenvalue weighted by Gasteiger charge is 2.23. The van der Waals surface area contributed by atoms with Gasteiger partial charge in [0.15, 0.2) is 0 Å². The lowest BCUT2D eigenvalue weighted by atomic mass is 10.2. The van der Waals surface area contributed by atoms with Crippen molar-refractivity contribution >= 4 is 44.4 Å². The number of aryl methyl sites for hydroxylation is 1. The zero-order chi connectivity index (χ0) is 20.6. The van der Waals surface area contributed by atoms with Crippen LogP contribution in [0.5, 0.6) is 0 Å². The second-order valence-electron chi connectivity index (χ2n) is 7.03. The van der Waals surface area contributed by atoms with Crippen LogP contribution in [0.3, 0.4) is 0 Å². The minimum absolute atomic E-state index is 0.0539. The van der Waals surface area contributed by atoms with E-state index in [0.29, 0.717) is 18.1 Å². The Bertz CT molecular complexity index is 1190. The fraction of sp³-hybridized carbons (Fsp3) is 0.300. The molecular weight excluding hydrogens is 408 g/mol. The summed E-state index contributed by atoms with van der Waals surface area (Å²) in [5.74, 6) is 1.35. The molecule has 1 aromatic heterocycles. The Morgan fingerprint density at radius 3 is 2.90 bits per heavy atom. The number of sulfonamides is 1. The minimum atomic E-state index is -3.76. The van der Waals surface area contributed by atoms with Crippen molar-refractivity contribution < 1.29 is 13.2 Å². The summed E-state index contributed by atoms with van der Waals surface area (Å²) >= 11 is 1.64. The number of H-pyrrole nitrogens is 1. The van der Waals surface area contributed by atoms with E-state index in [4.69, 9.17) is 0 Å². The zero-order valence-electron chi connectivity index (χ0n) is 16.2. The fourth-order valence-corrected chi connectivity index (χ4v) is 5.34. The molecule has 0 bridgehead atoms. The van der Waals surface area contributed by atoms with E-state index in [-0.39, 0.29) is 17.3 Å². The van der Waals surface area contributed by atoms with Gasteiger partial charge in [-0.2, -0.15) is 0 Å². The van der Waals surface area contributed by atoms with Gasteiger partial charge in [0.25, 0.3) is 0 Å². The molecule has 1 aliphatic rings. The van der Waals surface area contributed by atoms with Crippen molar-refractivity contribution in [3.8, 4) is 0 Å². The Balaban J connectivity index is 1.59. The Morgan fingerprint density at radius 2 is 2.10 bits per heavy atom. The molecule has 2 heterocycles. The van der Waals surface area contributed by atoms with Gasteiger partial charge in [-0.05, 0) is 55.0 Å². The third-order valence-corrected chi connectivity index (χ3v) is 7.36. The van der Waals surface area contributed by atoms with Crippen molar-refractivity contribution in [1.29, 1.82) is 0 Å². The number of thioether (sulfide) groups is 1. The number of fused-ring (bicyclic) bond motifs is 2. The molecule has 3 aromatic rings. The number of nitrogens with zero attached hydrogens (tertiary/aromatic N) is 2. The van der Waals surface area contributed by atoms with E-state index in [1.54, 1.807) is 34.9 Å². The topological polar surface area (TPSA) is 95.2 Å². The highest BCUT2D eigenvalue weighted by Crippen LogP contribution is 2.35. The molecule has 29 heavy (non-hydrogen) atoms. The maximum absolute atomic E-state index is 12.9. The largest absolute Gasteiger partial charge is 0.341 e. The van der Waals surface area contributed by atoms with Gasteiger partial charge >= 0.3 is 0 Å². The average molecular weight is 431 g/mol. The first kappa shape index (κ1) is 19.9. The molecule has 0 fully saturated rings. The van der Waals surface area contributed by atoms with E-state index in [2.05, 4.69) is 14.7 Å². The Morgan fingerprint density at radius 1 is 1.28 bits per heavy atom. The lowest BCUT2D eigenvalue weighted by Gasteiger charge is -2.21. The SMILES string of the molecule is CC(=O)N1CCCSc2ccc(S(=O)(=O)NCc3nc4ccc(C)cc4[nH]3)cc21. The van der Waals surface area contributed by atoms with Crippen LogP contribution in [-0.2, 0) is 21.4 Å². The summed E-state index contributed by atoms with van der Waals surface area (Å²) in [7, 11) is -3.76. The molecule has 0 radical (unpaired) electrons. The van der Waals surface area contributed by atoms with Crippen LogP contribution in [0.2, 0.25) is 0 Å². The Kier molecular flexibility index (Phi) is 5.37. The maximum Gasteiger partial charge on any atom is 0.241 e. The Labute approximate surface area is 174 Å². The molecule has 2 N–H and O–H groups in total. The van der Waals surface area contributed by atoms with E-state index in [1.165, 1.54) is 6.92 Å². The molecule has 1 amide bonds. The van der Waals surface area contributed by atoms with Crippen molar-refractivity contribution in [2.24, 2.45) is 0 Å². The third-order valence-electron chi connectivity index (χ3n) is 4.81. The van der Waals surface area contributed by atoms with Crippen molar-refractivity contribution in [1.82, 2.24) is 14.7 Å². The summed E-state index contributed by atoms with van der Waals surface area (Å²) < 4.78 is 28.3. The lowest BCUT2D eigenvalue weighted by molar-refractivity contribution is -0.116. The molecule has 2 aromatic carbocycles. The fourth-order valence-electron chi connectivity index (χ4n) is 3.36. The molecule has 0 saturated carbocycles. The van der Waals surface area contributed by atoms with Gasteiger partial charge in [-0.1, -0.05) is 6.07 Å². The molecule has 1 aliphatic heterocycles. The number of imidazole rings is 1. The Hall–Kier alpha value is -2.36. The number of aromatic nitrogens is 2. The molecular formula is C20H22N4O3S2. The minimum Gasteiger partial charge on any atom is -0.341 e. The van der Waals surface area contributed by atoms with Crippen LogP contribution in [-0.4, -0.2) is 36.6 Å². The maximum atomic E-state index is 12.9. The second kappa shape index (κ2) is 7.81. The van der Waals surface area contributed by atoms with Crippen molar-refractivity contribution in [2.45, 2.75) is 36.6 Å². The van der Waals surface area contributed by atoms with Crippen LogP contribution in [0.25, 0.3) is 11.0 Å². The number of amides is 1. The molecule has 0 unspecified atom stereocenters. The van der Waals surface area contributed by atoms with Crippen LogP contribution >= 0.6 is 11.8 Å². The highest BCUT2D eigenvalue weighted by atomic mass is 32.2. The molecule has 0 atom stereocenters. The first-order valence-electron chi connectivity index (χ1n) is 9.33. The van der Waals surface area contributed by atoms with Crippen LogP contribution in [0.1, 0.15) is 24.7 Å². The molecule has 0 spiro atoms. The van der Waals surface area contributed by atoms with Gasteiger partial charge in [0, 0.05) is 18.4 Å². The summed E-state index contributed by atoms with van der Waals surface area (Å²) in [6, 6.07) is 10.8. The number of aromatic amines is 1. The highest BCUT2D eigenvalue weighted by molar-refractivity contribution is 7.99. The summed E-state index contributed by atoms with van der Waals surface area (Å²) in [6.45, 7) is 4.13. The summed E-state index contributed by atoms with van der Waals surface area (Å²) in [4.78, 5) is 22.3. The van der Waals surface area contributed by atoms with E-state index in [1.807, 2.05) is 25.1 Å². The van der Waals surface area contributed by atoms with Crippen LogP contribution in [0.15, 0.2) is 46.2 Å². The quantitative estimate of drug-likeness (QED) is 0.663. The van der Waals surface area contributed by atoms with Crippen molar-refractivity contribution in [3.63, 3.8) is 0 Å². The number of hydrogen-bond donors (Lipinski definition) is 2. The van der Waals surface area contributed by atoms with Gasteiger partial charge in [0.05, 0.1) is 28.2 Å². The number of rotatable bonds is 4. The smallest absolute Gasteiger partial charge is 0.241 e. The van der Waals surface area contributed by atoms with E-state index < -0.39 is 10.0 Å². The van der Waals surface area contributed by atoms with Gasteiger partial charge in [0.2, 0.25) is 15.9 Å². The normalized spacial score (nSPS) is 14.6. The molecule has 0 aliphatic carbocycles. The van der Waals surface area contributed by atoms with Crippen LogP contribution < -0.4 is 9.62 Å². The van der Waals surface area contributed by atoms with E-state index >= 15 is 0 Å². The van der Waals surface area contributed by atoms with Gasteiger partial charge in [-0.15, -0.1) is 11.8 Å². The van der Waals surface area contributed by atoms with Crippen LogP contribution in [0, 0.1) is 6.92 Å². The van der Waals surface area contributed by atoms with E-state index in [9.17, 15) is 13.2 Å². The van der Waals surface area contributed by atoms with Crippen molar-refractivity contribution in [3.05, 3.63) is 47.8 Å². The van der Waals surface area contributed by atoms with E-state index in [0.717, 1.165) is 33.7 Å². The number of carbonyl (C=O) groups excluding carboxylic acids is 1. The second-order valence-corrected chi connectivity index (χ2v) is 9.93. The standard InChI is InChI=1S/C20H22N4O3S2/c1-13-4-6-16-17(10-13)23-20(22-16)12-21-29(26,27)15-5-7-19-18(11-15)24(14(2)25)8-3-9-28-19/h4-7,10-11,21H,3,8-9,12H2,1-2H3,(H,22,23). The molecule has 7 nitrogen and oxygen atoms in total. The molecule has 152 valence electrons. The lowest BCUT2D eigenvalue weighted by Crippen LogP contribution is -2.30. The molecule has 9 heteroatoms. The van der Waals surface area contributed by atoms with Crippen molar-refractivity contribution in [2.75, 3.05) is 17.2 Å². The summed E-state index contributed by atoms with van der Waals surface area (Å²) in [5.41, 5.74) is 3.43. The van der Waals surface area contributed by atoms with Gasteiger partial charge in [0.1, 0.15) is 5.82 Å².